The number of rotatable bonds is 4. The number of aromatic nitrogens is 2. The van der Waals surface area contributed by atoms with Crippen LogP contribution in [-0.4, -0.2) is 16.2 Å². The van der Waals surface area contributed by atoms with Crippen LogP contribution in [0.25, 0.3) is 22.8 Å². The quantitative estimate of drug-likeness (QED) is 0.497. The van der Waals surface area contributed by atoms with Gasteiger partial charge in [-0.3, -0.25) is 0 Å². The highest BCUT2D eigenvalue weighted by molar-refractivity contribution is 9.10. The average molecular weight is 452 g/mol. The van der Waals surface area contributed by atoms with Crippen LogP contribution in [0, 0.1) is 11.3 Å². The van der Waals surface area contributed by atoms with Crippen LogP contribution in [0.5, 0.6) is 5.75 Å². The molecule has 0 bridgehead atoms. The van der Waals surface area contributed by atoms with Crippen LogP contribution in [0.1, 0.15) is 25.0 Å². The van der Waals surface area contributed by atoms with Crippen LogP contribution in [0.4, 0.5) is 13.2 Å². The molecule has 2 aromatic carbocycles. The number of ether oxygens (including phenoxy) is 1. The van der Waals surface area contributed by atoms with E-state index in [9.17, 15) is 18.4 Å². The first kappa shape index (κ1) is 19.9. The summed E-state index contributed by atoms with van der Waals surface area (Å²) in [4.78, 5) is 4.08. The van der Waals surface area contributed by atoms with Gasteiger partial charge in [-0.05, 0) is 38.1 Å². The monoisotopic (exact) mass is 451 g/mol. The molecule has 0 N–H and O–H groups in total. The van der Waals surface area contributed by atoms with Crippen LogP contribution < -0.4 is 4.74 Å². The first-order valence-corrected chi connectivity index (χ1v) is 8.91. The highest BCUT2D eigenvalue weighted by atomic mass is 79.9. The van der Waals surface area contributed by atoms with E-state index in [-0.39, 0.29) is 33.4 Å². The maximum absolute atomic E-state index is 13.4. The summed E-state index contributed by atoms with van der Waals surface area (Å²) in [7, 11) is 0. The van der Waals surface area contributed by atoms with E-state index in [4.69, 9.17) is 9.26 Å². The molecular weight excluding hydrogens is 439 g/mol. The Balaban J connectivity index is 2.03. The van der Waals surface area contributed by atoms with Crippen LogP contribution in [0.2, 0.25) is 0 Å². The van der Waals surface area contributed by atoms with E-state index in [1.54, 1.807) is 12.1 Å². The van der Waals surface area contributed by atoms with Gasteiger partial charge in [-0.15, -0.1) is 0 Å². The van der Waals surface area contributed by atoms with Gasteiger partial charge < -0.3 is 9.26 Å². The van der Waals surface area contributed by atoms with E-state index in [1.165, 1.54) is 24.3 Å². The van der Waals surface area contributed by atoms with E-state index in [1.807, 2.05) is 19.9 Å². The molecule has 0 aliphatic heterocycles. The van der Waals surface area contributed by atoms with E-state index >= 15 is 0 Å². The van der Waals surface area contributed by atoms with Gasteiger partial charge in [0.1, 0.15) is 11.8 Å². The summed E-state index contributed by atoms with van der Waals surface area (Å²) in [5.74, 6) is 0.188. The second-order valence-corrected chi connectivity index (χ2v) is 6.93. The molecule has 0 spiro atoms. The normalized spacial score (nSPS) is 11.5. The third-order valence-electron chi connectivity index (χ3n) is 3.67. The first-order valence-electron chi connectivity index (χ1n) is 8.11. The van der Waals surface area contributed by atoms with Crippen LogP contribution in [0.15, 0.2) is 45.4 Å². The van der Waals surface area contributed by atoms with Gasteiger partial charge in [0.05, 0.1) is 17.2 Å². The SMILES string of the molecule is CC(C)Oc1ccc(-c2nc(-c3cccc(Br)c3C(F)(F)F)no2)cc1C#N. The second-order valence-electron chi connectivity index (χ2n) is 6.07. The molecule has 1 aromatic heterocycles. The zero-order valence-corrected chi connectivity index (χ0v) is 16.3. The van der Waals surface area contributed by atoms with Crippen molar-refractivity contribution in [1.82, 2.24) is 10.1 Å². The van der Waals surface area contributed by atoms with Crippen molar-refractivity contribution in [3.63, 3.8) is 0 Å². The number of halogens is 4. The summed E-state index contributed by atoms with van der Waals surface area (Å²) in [5.41, 5.74) is -0.447. The molecule has 3 rings (SSSR count). The van der Waals surface area contributed by atoms with E-state index in [2.05, 4.69) is 26.1 Å². The Hall–Kier alpha value is -2.86. The molecule has 3 aromatic rings. The highest BCUT2D eigenvalue weighted by Crippen LogP contribution is 2.41. The molecule has 0 radical (unpaired) electrons. The molecule has 0 saturated heterocycles. The van der Waals surface area contributed by atoms with Gasteiger partial charge >= 0.3 is 6.18 Å². The molecule has 5 nitrogen and oxygen atoms in total. The number of alkyl halides is 3. The Kier molecular flexibility index (Phi) is 5.42. The predicted molar refractivity (Wildman–Crippen MR) is 98.4 cm³/mol. The van der Waals surface area contributed by atoms with Crippen LogP contribution in [0.3, 0.4) is 0 Å². The van der Waals surface area contributed by atoms with Crippen molar-refractivity contribution >= 4 is 15.9 Å². The molecule has 0 fully saturated rings. The van der Waals surface area contributed by atoms with Crippen molar-refractivity contribution in [3.05, 3.63) is 52.0 Å². The Bertz CT molecular complexity index is 1060. The first-order chi connectivity index (χ1) is 13.2. The van der Waals surface area contributed by atoms with Gasteiger partial charge in [-0.2, -0.15) is 23.4 Å². The maximum Gasteiger partial charge on any atom is 0.418 e. The molecule has 0 atom stereocenters. The zero-order valence-electron chi connectivity index (χ0n) is 14.7. The van der Waals surface area contributed by atoms with Gasteiger partial charge in [0.25, 0.3) is 5.89 Å². The Morgan fingerprint density at radius 2 is 1.96 bits per heavy atom. The van der Waals surface area contributed by atoms with E-state index < -0.39 is 11.7 Å². The molecule has 28 heavy (non-hydrogen) atoms. The van der Waals surface area contributed by atoms with E-state index in [0.717, 1.165) is 0 Å². The molecule has 0 saturated carbocycles. The fourth-order valence-corrected chi connectivity index (χ4v) is 3.15. The summed E-state index contributed by atoms with van der Waals surface area (Å²) < 4.78 is 50.8. The number of nitriles is 1. The summed E-state index contributed by atoms with van der Waals surface area (Å²) in [5, 5.41) is 13.0. The minimum atomic E-state index is -4.60. The fraction of sp³-hybridized carbons (Fsp3) is 0.211. The largest absolute Gasteiger partial charge is 0.490 e. The lowest BCUT2D eigenvalue weighted by atomic mass is 10.1. The lowest BCUT2D eigenvalue weighted by Gasteiger charge is -2.12. The third kappa shape index (κ3) is 4.02. The van der Waals surface area contributed by atoms with Crippen molar-refractivity contribution < 1.29 is 22.4 Å². The van der Waals surface area contributed by atoms with Crippen molar-refractivity contribution in [3.8, 4) is 34.7 Å². The van der Waals surface area contributed by atoms with Gasteiger partial charge in [0.2, 0.25) is 5.82 Å². The number of hydrogen-bond donors (Lipinski definition) is 0. The molecule has 9 heteroatoms. The lowest BCUT2D eigenvalue weighted by molar-refractivity contribution is -0.137. The molecule has 0 aliphatic rings. The smallest absolute Gasteiger partial charge is 0.418 e. The summed E-state index contributed by atoms with van der Waals surface area (Å²) in [6, 6.07) is 10.7. The van der Waals surface area contributed by atoms with Gasteiger partial charge in [-0.25, -0.2) is 0 Å². The number of benzene rings is 2. The molecular formula is C19H13BrF3N3O2. The highest BCUT2D eigenvalue weighted by Gasteiger charge is 2.37. The summed E-state index contributed by atoms with van der Waals surface area (Å²) >= 11 is 2.92. The Morgan fingerprint density at radius 1 is 1.21 bits per heavy atom. The summed E-state index contributed by atoms with van der Waals surface area (Å²) in [6.07, 6.45) is -4.72. The Morgan fingerprint density at radius 3 is 2.61 bits per heavy atom. The minimum Gasteiger partial charge on any atom is -0.490 e. The van der Waals surface area contributed by atoms with Gasteiger partial charge in [0, 0.05) is 15.6 Å². The predicted octanol–water partition coefficient (Wildman–Crippen LogP) is 5.84. The second kappa shape index (κ2) is 7.64. The zero-order chi connectivity index (χ0) is 20.5. The lowest BCUT2D eigenvalue weighted by Crippen LogP contribution is -2.08. The third-order valence-corrected chi connectivity index (χ3v) is 4.33. The molecule has 0 amide bonds. The average Bonchev–Trinajstić information content (AvgIpc) is 3.10. The molecule has 0 unspecified atom stereocenters. The van der Waals surface area contributed by atoms with E-state index in [0.29, 0.717) is 11.3 Å². The van der Waals surface area contributed by atoms with Crippen LogP contribution >= 0.6 is 15.9 Å². The minimum absolute atomic E-state index is 0.00398. The topological polar surface area (TPSA) is 71.9 Å². The fourth-order valence-electron chi connectivity index (χ4n) is 2.56. The maximum atomic E-state index is 13.4. The van der Waals surface area contributed by atoms with Gasteiger partial charge in [0.15, 0.2) is 0 Å². The van der Waals surface area contributed by atoms with Crippen molar-refractivity contribution in [2.24, 2.45) is 0 Å². The standard InChI is InChI=1S/C19H13BrF3N3O2/c1-10(2)27-15-7-6-11(8-12(15)9-24)18-25-17(26-28-18)13-4-3-5-14(20)16(13)19(21,22)23/h3-8,10H,1-2H3. The van der Waals surface area contributed by atoms with Crippen LogP contribution in [-0.2, 0) is 6.18 Å². The summed E-state index contributed by atoms with van der Waals surface area (Å²) in [6.45, 7) is 3.66. The molecule has 0 aliphatic carbocycles. The molecule has 144 valence electrons. The number of nitrogens with zero attached hydrogens (tertiary/aromatic N) is 3. The van der Waals surface area contributed by atoms with Crippen molar-refractivity contribution in [2.75, 3.05) is 0 Å². The van der Waals surface area contributed by atoms with Crippen molar-refractivity contribution in [1.29, 1.82) is 5.26 Å². The molecule has 1 heterocycles. The van der Waals surface area contributed by atoms with Crippen molar-refractivity contribution in [2.45, 2.75) is 26.1 Å². The Labute approximate surface area is 166 Å². The van der Waals surface area contributed by atoms with Gasteiger partial charge in [-0.1, -0.05) is 33.2 Å². The number of hydrogen-bond acceptors (Lipinski definition) is 5.